The molecule has 1 heterocycles. The molecule has 1 aliphatic rings. The van der Waals surface area contributed by atoms with E-state index >= 15 is 0 Å². The van der Waals surface area contributed by atoms with E-state index in [0.717, 1.165) is 17.3 Å². The molecule has 2 nitrogen and oxygen atoms in total. The summed E-state index contributed by atoms with van der Waals surface area (Å²) in [6.07, 6.45) is 2.95. The van der Waals surface area contributed by atoms with Crippen LogP contribution in [0.25, 0.3) is 22.0 Å². The van der Waals surface area contributed by atoms with E-state index in [9.17, 15) is 0 Å². The predicted octanol–water partition coefficient (Wildman–Crippen LogP) is 5.13. The van der Waals surface area contributed by atoms with Crippen LogP contribution in [0.3, 0.4) is 0 Å². The van der Waals surface area contributed by atoms with Gasteiger partial charge in [0.1, 0.15) is 5.75 Å². The number of H-pyrrole nitrogens is 1. The molecular weight excluding hydrogens is 282 g/mol. The Morgan fingerprint density at radius 3 is 2.09 bits per heavy atom. The molecule has 112 valence electrons. The van der Waals surface area contributed by atoms with Gasteiger partial charge in [0, 0.05) is 17.1 Å². The number of benzene rings is 3. The number of aromatic nitrogens is 1. The normalized spacial score (nSPS) is 11.5. The summed E-state index contributed by atoms with van der Waals surface area (Å²) in [6, 6.07) is 24.5. The standard InChI is InChI=1S/C13H10.C8H7NO/c1-3-7-12-10(5-1)9-11-6-2-4-8-13(11)12;10-7-1-2-8-6(5-7)3-4-9-8/h1-8H,9H2;1-5,9-10H. The SMILES string of the molecule is Oc1ccc2[nH]ccc2c1.c1ccc2c(c1)Cc1ccccc1-2. The average molecular weight is 299 g/mol. The third kappa shape index (κ3) is 2.59. The molecule has 1 aliphatic carbocycles. The van der Waals surface area contributed by atoms with Crippen molar-refractivity contribution in [2.75, 3.05) is 0 Å². The lowest BCUT2D eigenvalue weighted by atomic mass is 10.1. The van der Waals surface area contributed by atoms with Crippen LogP contribution in [0.15, 0.2) is 79.0 Å². The number of aromatic hydroxyl groups is 1. The molecule has 0 aliphatic heterocycles. The molecule has 0 spiro atoms. The fourth-order valence-corrected chi connectivity index (χ4v) is 3.12. The molecule has 0 amide bonds. The van der Waals surface area contributed by atoms with Gasteiger partial charge in [-0.25, -0.2) is 0 Å². The molecule has 23 heavy (non-hydrogen) atoms. The minimum Gasteiger partial charge on any atom is -0.508 e. The monoisotopic (exact) mass is 299 g/mol. The minimum atomic E-state index is 0.312. The number of hydrogen-bond donors (Lipinski definition) is 2. The first-order valence-electron chi connectivity index (χ1n) is 7.73. The van der Waals surface area contributed by atoms with Crippen molar-refractivity contribution in [3.8, 4) is 16.9 Å². The number of hydrogen-bond acceptors (Lipinski definition) is 1. The Morgan fingerprint density at radius 1 is 0.739 bits per heavy atom. The molecule has 5 rings (SSSR count). The Labute approximate surface area is 135 Å². The highest BCUT2D eigenvalue weighted by Crippen LogP contribution is 2.35. The molecule has 0 fully saturated rings. The van der Waals surface area contributed by atoms with E-state index in [1.54, 1.807) is 12.1 Å². The van der Waals surface area contributed by atoms with Gasteiger partial charge in [-0.05, 0) is 52.9 Å². The van der Waals surface area contributed by atoms with Crippen LogP contribution in [0.2, 0.25) is 0 Å². The highest BCUT2D eigenvalue weighted by molar-refractivity contribution is 5.80. The molecule has 2 N–H and O–H groups in total. The Kier molecular flexibility index (Phi) is 3.35. The van der Waals surface area contributed by atoms with Crippen LogP contribution < -0.4 is 0 Å². The number of phenolic OH excluding ortho intramolecular Hbond substituents is 1. The van der Waals surface area contributed by atoms with Crippen LogP contribution in [-0.4, -0.2) is 10.1 Å². The van der Waals surface area contributed by atoms with Gasteiger partial charge in [0.25, 0.3) is 0 Å². The van der Waals surface area contributed by atoms with E-state index in [1.807, 2.05) is 18.3 Å². The van der Waals surface area contributed by atoms with Crippen molar-refractivity contribution in [2.45, 2.75) is 6.42 Å². The van der Waals surface area contributed by atoms with Crippen LogP contribution in [0, 0.1) is 0 Å². The number of nitrogens with one attached hydrogen (secondary N) is 1. The van der Waals surface area contributed by atoms with Crippen LogP contribution in [0.4, 0.5) is 0 Å². The molecule has 0 saturated heterocycles. The summed E-state index contributed by atoms with van der Waals surface area (Å²) >= 11 is 0. The zero-order valence-electron chi connectivity index (χ0n) is 12.7. The smallest absolute Gasteiger partial charge is 0.116 e. The van der Waals surface area contributed by atoms with Crippen molar-refractivity contribution >= 4 is 10.9 Å². The molecule has 0 unspecified atom stereocenters. The maximum atomic E-state index is 9.03. The maximum absolute atomic E-state index is 9.03. The van der Waals surface area contributed by atoms with Crippen molar-refractivity contribution in [2.24, 2.45) is 0 Å². The summed E-state index contributed by atoms with van der Waals surface area (Å²) in [5.41, 5.74) is 6.81. The van der Waals surface area contributed by atoms with Crippen molar-refractivity contribution in [1.82, 2.24) is 4.98 Å². The number of fused-ring (bicyclic) bond motifs is 4. The Balaban J connectivity index is 0.000000122. The summed E-state index contributed by atoms with van der Waals surface area (Å²) in [5, 5.41) is 10.1. The summed E-state index contributed by atoms with van der Waals surface area (Å²) in [5.74, 6) is 0.312. The number of rotatable bonds is 0. The van der Waals surface area contributed by atoms with Crippen molar-refractivity contribution in [1.29, 1.82) is 0 Å². The Morgan fingerprint density at radius 2 is 1.39 bits per heavy atom. The zero-order valence-corrected chi connectivity index (χ0v) is 12.7. The molecular formula is C21H17NO. The summed E-state index contributed by atoms with van der Waals surface area (Å²) in [4.78, 5) is 3.04. The first kappa shape index (κ1) is 13.6. The van der Waals surface area contributed by atoms with Gasteiger partial charge in [0.15, 0.2) is 0 Å². The molecule has 0 bridgehead atoms. The van der Waals surface area contributed by atoms with Gasteiger partial charge in [-0.15, -0.1) is 0 Å². The highest BCUT2D eigenvalue weighted by atomic mass is 16.3. The first-order chi connectivity index (χ1) is 11.3. The van der Waals surface area contributed by atoms with E-state index in [1.165, 1.54) is 22.3 Å². The predicted molar refractivity (Wildman–Crippen MR) is 94.6 cm³/mol. The fourth-order valence-electron chi connectivity index (χ4n) is 3.12. The third-order valence-electron chi connectivity index (χ3n) is 4.24. The van der Waals surface area contributed by atoms with Gasteiger partial charge in [-0.1, -0.05) is 48.5 Å². The second-order valence-electron chi connectivity index (χ2n) is 5.74. The van der Waals surface area contributed by atoms with Crippen LogP contribution in [0.5, 0.6) is 5.75 Å². The third-order valence-corrected chi connectivity index (χ3v) is 4.24. The largest absolute Gasteiger partial charge is 0.508 e. The Hall–Kier alpha value is -3.00. The highest BCUT2D eigenvalue weighted by Gasteiger charge is 2.15. The minimum absolute atomic E-state index is 0.312. The second-order valence-corrected chi connectivity index (χ2v) is 5.74. The van der Waals surface area contributed by atoms with Gasteiger partial charge in [0.2, 0.25) is 0 Å². The van der Waals surface area contributed by atoms with E-state index < -0.39 is 0 Å². The molecule has 1 aromatic heterocycles. The van der Waals surface area contributed by atoms with Gasteiger partial charge in [0.05, 0.1) is 0 Å². The molecule has 0 atom stereocenters. The maximum Gasteiger partial charge on any atom is 0.116 e. The lowest BCUT2D eigenvalue weighted by Crippen LogP contribution is -1.77. The average Bonchev–Trinajstić information content (AvgIpc) is 3.18. The lowest BCUT2D eigenvalue weighted by molar-refractivity contribution is 0.476. The summed E-state index contributed by atoms with van der Waals surface area (Å²) in [7, 11) is 0. The van der Waals surface area contributed by atoms with Crippen LogP contribution in [0.1, 0.15) is 11.1 Å². The quantitative estimate of drug-likeness (QED) is 0.408. The van der Waals surface area contributed by atoms with Gasteiger partial charge in [-0.3, -0.25) is 0 Å². The van der Waals surface area contributed by atoms with Gasteiger partial charge < -0.3 is 10.1 Å². The van der Waals surface area contributed by atoms with E-state index in [2.05, 4.69) is 53.5 Å². The van der Waals surface area contributed by atoms with Crippen LogP contribution >= 0.6 is 0 Å². The van der Waals surface area contributed by atoms with E-state index in [4.69, 9.17) is 5.11 Å². The lowest BCUT2D eigenvalue weighted by Gasteiger charge is -1.98. The molecule has 3 aromatic carbocycles. The van der Waals surface area contributed by atoms with Crippen molar-refractivity contribution in [3.05, 3.63) is 90.1 Å². The van der Waals surface area contributed by atoms with Crippen molar-refractivity contribution < 1.29 is 5.11 Å². The summed E-state index contributed by atoms with van der Waals surface area (Å²) < 4.78 is 0. The first-order valence-corrected chi connectivity index (χ1v) is 7.73. The molecule has 0 radical (unpaired) electrons. The van der Waals surface area contributed by atoms with Gasteiger partial charge in [-0.2, -0.15) is 0 Å². The molecule has 4 aromatic rings. The van der Waals surface area contributed by atoms with Gasteiger partial charge >= 0.3 is 0 Å². The fraction of sp³-hybridized carbons (Fsp3) is 0.0476. The zero-order chi connectivity index (χ0) is 15.6. The van der Waals surface area contributed by atoms with E-state index in [0.29, 0.717) is 5.75 Å². The van der Waals surface area contributed by atoms with Crippen molar-refractivity contribution in [3.63, 3.8) is 0 Å². The molecule has 0 saturated carbocycles. The Bertz CT molecular complexity index is 925. The molecule has 2 heteroatoms. The van der Waals surface area contributed by atoms with Crippen LogP contribution in [-0.2, 0) is 6.42 Å². The number of phenols is 1. The topological polar surface area (TPSA) is 36.0 Å². The second kappa shape index (κ2) is 5.65. The van der Waals surface area contributed by atoms with E-state index in [-0.39, 0.29) is 0 Å². The number of aromatic amines is 1. The summed E-state index contributed by atoms with van der Waals surface area (Å²) in [6.45, 7) is 0.